The molecule has 2 atom stereocenters. The van der Waals surface area contributed by atoms with Crippen molar-refractivity contribution in [2.24, 2.45) is 5.92 Å². The Labute approximate surface area is 131 Å². The molecule has 2 aromatic rings. The molecule has 110 valence electrons. The Morgan fingerprint density at radius 2 is 2.24 bits per heavy atom. The first kappa shape index (κ1) is 14.4. The predicted octanol–water partition coefficient (Wildman–Crippen LogP) is 2.12. The zero-order valence-electron chi connectivity index (χ0n) is 11.8. The van der Waals surface area contributed by atoms with Crippen molar-refractivity contribution in [1.82, 2.24) is 20.6 Å². The molecular weight excluding hydrogens is 332 g/mol. The van der Waals surface area contributed by atoms with Gasteiger partial charge in [0, 0.05) is 30.4 Å². The van der Waals surface area contributed by atoms with Crippen molar-refractivity contribution in [3.63, 3.8) is 0 Å². The number of rotatable bonds is 2. The summed E-state index contributed by atoms with van der Waals surface area (Å²) in [5.41, 5.74) is 1.19. The van der Waals surface area contributed by atoms with Gasteiger partial charge in [-0.3, -0.25) is 9.78 Å². The predicted molar refractivity (Wildman–Crippen MR) is 85.1 cm³/mol. The third kappa shape index (κ3) is 3.22. The number of pyridine rings is 2. The van der Waals surface area contributed by atoms with Crippen LogP contribution in [0.1, 0.15) is 23.8 Å². The van der Waals surface area contributed by atoms with Gasteiger partial charge in [0.25, 0.3) is 5.91 Å². The van der Waals surface area contributed by atoms with Crippen LogP contribution in [0.25, 0.3) is 10.9 Å². The molecule has 1 saturated heterocycles. The highest BCUT2D eigenvalue weighted by molar-refractivity contribution is 9.10. The number of aromatic nitrogens is 2. The number of halogens is 1. The lowest BCUT2D eigenvalue weighted by atomic mass is 9.97. The minimum atomic E-state index is -0.124. The summed E-state index contributed by atoms with van der Waals surface area (Å²) < 4.78 is 0.794. The third-order valence-electron chi connectivity index (χ3n) is 3.69. The Balaban J connectivity index is 1.79. The van der Waals surface area contributed by atoms with Gasteiger partial charge in [-0.05, 0) is 46.9 Å². The van der Waals surface area contributed by atoms with Gasteiger partial charge in [0.05, 0.1) is 9.99 Å². The summed E-state index contributed by atoms with van der Waals surface area (Å²) >= 11 is 3.42. The number of amides is 1. The van der Waals surface area contributed by atoms with E-state index in [2.05, 4.69) is 43.5 Å². The first-order chi connectivity index (χ1) is 10.1. The molecule has 1 amide bonds. The fourth-order valence-corrected chi connectivity index (χ4v) is 3.10. The zero-order valence-corrected chi connectivity index (χ0v) is 13.4. The number of nitrogens with one attached hydrogen (secondary N) is 2. The molecule has 2 unspecified atom stereocenters. The number of hydrogen-bond acceptors (Lipinski definition) is 4. The minimum absolute atomic E-state index is 0.124. The van der Waals surface area contributed by atoms with E-state index in [9.17, 15) is 4.79 Å². The number of carbonyl (C=O) groups is 1. The lowest BCUT2D eigenvalue weighted by Gasteiger charge is -2.28. The normalized spacial score (nSPS) is 22.2. The van der Waals surface area contributed by atoms with Crippen molar-refractivity contribution in [3.05, 3.63) is 34.7 Å². The first-order valence-corrected chi connectivity index (χ1v) is 7.84. The molecule has 21 heavy (non-hydrogen) atoms. The fourth-order valence-electron chi connectivity index (χ4n) is 2.66. The quantitative estimate of drug-likeness (QED) is 0.872. The lowest BCUT2D eigenvalue weighted by molar-refractivity contribution is 0.0920. The highest BCUT2D eigenvalue weighted by Gasteiger charge is 2.21. The highest BCUT2D eigenvalue weighted by atomic mass is 79.9. The van der Waals surface area contributed by atoms with Crippen molar-refractivity contribution in [3.8, 4) is 0 Å². The molecule has 1 fully saturated rings. The molecule has 3 heterocycles. The van der Waals surface area contributed by atoms with E-state index < -0.39 is 0 Å². The van der Waals surface area contributed by atoms with Crippen LogP contribution in [0.2, 0.25) is 0 Å². The van der Waals surface area contributed by atoms with Crippen LogP contribution >= 0.6 is 15.9 Å². The average molecular weight is 349 g/mol. The van der Waals surface area contributed by atoms with Gasteiger partial charge in [-0.25, -0.2) is 4.98 Å². The monoisotopic (exact) mass is 348 g/mol. The number of piperidine rings is 1. The van der Waals surface area contributed by atoms with E-state index in [1.807, 2.05) is 6.07 Å². The average Bonchev–Trinajstić information content (AvgIpc) is 2.47. The molecule has 6 heteroatoms. The van der Waals surface area contributed by atoms with Crippen molar-refractivity contribution in [2.75, 3.05) is 13.1 Å². The van der Waals surface area contributed by atoms with E-state index in [1.165, 1.54) is 0 Å². The topological polar surface area (TPSA) is 66.9 Å². The molecule has 2 aromatic heterocycles. The van der Waals surface area contributed by atoms with Crippen molar-refractivity contribution in [1.29, 1.82) is 0 Å². The lowest BCUT2D eigenvalue weighted by Crippen LogP contribution is -2.48. The largest absolute Gasteiger partial charge is 0.347 e. The molecule has 2 N–H and O–H groups in total. The molecule has 5 nitrogen and oxygen atoms in total. The van der Waals surface area contributed by atoms with Crippen LogP contribution in [0.5, 0.6) is 0 Å². The third-order valence-corrected chi connectivity index (χ3v) is 4.27. The first-order valence-electron chi connectivity index (χ1n) is 7.05. The second-order valence-electron chi connectivity index (χ2n) is 5.56. The molecule has 0 saturated carbocycles. The standard InChI is InChI=1S/C15H17BrN4O/c1-9-4-11(7-17-5-9)19-15(21)13-3-2-10-6-18-8-12(16)14(10)20-13/h2-3,6,8-9,11,17H,4-5,7H2,1H3,(H,19,21). The van der Waals surface area contributed by atoms with Gasteiger partial charge < -0.3 is 10.6 Å². The summed E-state index contributed by atoms with van der Waals surface area (Å²) in [7, 11) is 0. The minimum Gasteiger partial charge on any atom is -0.347 e. The van der Waals surface area contributed by atoms with E-state index in [4.69, 9.17) is 0 Å². The van der Waals surface area contributed by atoms with Crippen LogP contribution in [0.15, 0.2) is 29.0 Å². The summed E-state index contributed by atoms with van der Waals surface area (Å²) in [5.74, 6) is 0.454. The van der Waals surface area contributed by atoms with Crippen molar-refractivity contribution < 1.29 is 4.79 Å². The van der Waals surface area contributed by atoms with E-state index >= 15 is 0 Å². The number of nitrogens with zero attached hydrogens (tertiary/aromatic N) is 2. The van der Waals surface area contributed by atoms with Crippen LogP contribution in [-0.2, 0) is 0 Å². The smallest absolute Gasteiger partial charge is 0.270 e. The summed E-state index contributed by atoms with van der Waals surface area (Å²) in [6.45, 7) is 4.02. The van der Waals surface area contributed by atoms with Crippen molar-refractivity contribution in [2.45, 2.75) is 19.4 Å². The molecule has 0 aromatic carbocycles. The second kappa shape index (κ2) is 6.07. The number of hydrogen-bond donors (Lipinski definition) is 2. The Bertz CT molecular complexity index is 676. The maximum Gasteiger partial charge on any atom is 0.270 e. The summed E-state index contributed by atoms with van der Waals surface area (Å²) in [5, 5.41) is 7.30. The maximum absolute atomic E-state index is 12.3. The molecule has 0 spiro atoms. The summed E-state index contributed by atoms with van der Waals surface area (Å²) in [4.78, 5) is 20.9. The van der Waals surface area contributed by atoms with Crippen LogP contribution in [0.4, 0.5) is 0 Å². The maximum atomic E-state index is 12.3. The molecule has 3 rings (SSSR count). The van der Waals surface area contributed by atoms with Gasteiger partial charge in [-0.2, -0.15) is 0 Å². The van der Waals surface area contributed by atoms with Gasteiger partial charge in [0.2, 0.25) is 0 Å². The van der Waals surface area contributed by atoms with Crippen LogP contribution in [0, 0.1) is 5.92 Å². The Kier molecular flexibility index (Phi) is 4.17. The van der Waals surface area contributed by atoms with Crippen LogP contribution < -0.4 is 10.6 Å². The Hall–Kier alpha value is -1.53. The van der Waals surface area contributed by atoms with Gasteiger partial charge >= 0.3 is 0 Å². The van der Waals surface area contributed by atoms with Gasteiger partial charge in [0.15, 0.2) is 0 Å². The van der Waals surface area contributed by atoms with Gasteiger partial charge in [-0.1, -0.05) is 6.92 Å². The zero-order chi connectivity index (χ0) is 14.8. The van der Waals surface area contributed by atoms with Crippen LogP contribution in [0.3, 0.4) is 0 Å². The Morgan fingerprint density at radius 3 is 3.05 bits per heavy atom. The van der Waals surface area contributed by atoms with E-state index in [0.29, 0.717) is 11.6 Å². The van der Waals surface area contributed by atoms with E-state index in [1.54, 1.807) is 18.5 Å². The van der Waals surface area contributed by atoms with E-state index in [0.717, 1.165) is 34.9 Å². The van der Waals surface area contributed by atoms with Crippen LogP contribution in [-0.4, -0.2) is 35.0 Å². The molecule has 1 aliphatic rings. The SMILES string of the molecule is CC1CNCC(NC(=O)c2ccc3cncc(Br)c3n2)C1. The second-order valence-corrected chi connectivity index (χ2v) is 6.41. The summed E-state index contributed by atoms with van der Waals surface area (Å²) in [6.07, 6.45) is 4.42. The number of fused-ring (bicyclic) bond motifs is 1. The molecule has 0 radical (unpaired) electrons. The molecule has 0 bridgehead atoms. The molecule has 0 aliphatic carbocycles. The Morgan fingerprint density at radius 1 is 1.38 bits per heavy atom. The molecular formula is C15H17BrN4O. The van der Waals surface area contributed by atoms with Gasteiger partial charge in [0.1, 0.15) is 5.69 Å². The van der Waals surface area contributed by atoms with Gasteiger partial charge in [-0.15, -0.1) is 0 Å². The highest BCUT2D eigenvalue weighted by Crippen LogP contribution is 2.20. The molecule has 1 aliphatic heterocycles. The van der Waals surface area contributed by atoms with E-state index in [-0.39, 0.29) is 11.9 Å². The summed E-state index contributed by atoms with van der Waals surface area (Å²) in [6, 6.07) is 3.78. The van der Waals surface area contributed by atoms with Crippen molar-refractivity contribution >= 4 is 32.7 Å². The fraction of sp³-hybridized carbons (Fsp3) is 0.400. The number of carbonyl (C=O) groups excluding carboxylic acids is 1.